The third-order valence-corrected chi connectivity index (χ3v) is 5.14. The van der Waals surface area contributed by atoms with Crippen molar-refractivity contribution in [2.24, 2.45) is 0 Å². The van der Waals surface area contributed by atoms with E-state index in [1.165, 1.54) is 36.4 Å². The lowest BCUT2D eigenvalue weighted by atomic mass is 9.98. The number of halogens is 5. The molecule has 0 N–H and O–H groups in total. The molecule has 0 spiro atoms. The Hall–Kier alpha value is -3.41. The standard InChI is InChI=1S/C27H23F5O/c1-3-5-7-8-17-9-10-19-16-21(26(31)27(32)22(19)23(17)28)25(30)24(29)18-11-13-20(14-12-18)33-15-6-4-2/h3-6,9-14,16H,7-8,15H2,1-2H3/b5-3+,6-4?,25-24?. The van der Waals surface area contributed by atoms with Crippen LogP contribution in [0.3, 0.4) is 0 Å². The van der Waals surface area contributed by atoms with Crippen LogP contribution in [0.5, 0.6) is 5.75 Å². The maximum atomic E-state index is 14.9. The van der Waals surface area contributed by atoms with Gasteiger partial charge in [0.1, 0.15) is 18.2 Å². The number of rotatable bonds is 8. The van der Waals surface area contributed by atoms with Crippen LogP contribution in [0.2, 0.25) is 0 Å². The third-order valence-electron chi connectivity index (χ3n) is 5.14. The highest BCUT2D eigenvalue weighted by Crippen LogP contribution is 2.36. The SMILES string of the molecule is CC=CCOc1ccc(C(F)=C(F)c2cc3ccc(CC/C=C/C)c(F)c3c(F)c2F)cc1. The minimum absolute atomic E-state index is 0.0631. The molecule has 6 heteroatoms. The second kappa shape index (κ2) is 10.9. The minimum Gasteiger partial charge on any atom is -0.490 e. The topological polar surface area (TPSA) is 9.23 Å². The molecule has 0 aliphatic heterocycles. The number of ether oxygens (including phenoxy) is 1. The van der Waals surface area contributed by atoms with Crippen molar-refractivity contribution in [3.05, 3.63) is 101 Å². The van der Waals surface area contributed by atoms with Crippen molar-refractivity contribution in [2.45, 2.75) is 26.7 Å². The predicted octanol–water partition coefficient (Wildman–Crippen LogP) is 8.49. The molecule has 1 nitrogen and oxygen atoms in total. The summed E-state index contributed by atoms with van der Waals surface area (Å²) in [7, 11) is 0. The van der Waals surface area contributed by atoms with Crippen LogP contribution in [0.1, 0.15) is 37.0 Å². The van der Waals surface area contributed by atoms with Crippen LogP contribution >= 0.6 is 0 Å². The van der Waals surface area contributed by atoms with Gasteiger partial charge in [-0.3, -0.25) is 0 Å². The molecule has 0 fully saturated rings. The highest BCUT2D eigenvalue weighted by molar-refractivity contribution is 5.91. The summed E-state index contributed by atoms with van der Waals surface area (Å²) in [5.41, 5.74) is -0.867. The second-order valence-electron chi connectivity index (χ2n) is 7.33. The van der Waals surface area contributed by atoms with Crippen LogP contribution in [0.4, 0.5) is 22.0 Å². The maximum Gasteiger partial charge on any atom is 0.170 e. The van der Waals surface area contributed by atoms with E-state index in [2.05, 4.69) is 0 Å². The molecule has 0 saturated carbocycles. The monoisotopic (exact) mass is 458 g/mol. The van der Waals surface area contributed by atoms with Gasteiger partial charge in [-0.25, -0.2) is 22.0 Å². The van der Waals surface area contributed by atoms with E-state index < -0.39 is 40.1 Å². The van der Waals surface area contributed by atoms with Gasteiger partial charge in [-0.1, -0.05) is 36.4 Å². The number of hydrogen-bond acceptors (Lipinski definition) is 1. The molecule has 0 saturated heterocycles. The Labute approximate surface area is 189 Å². The Kier molecular flexibility index (Phi) is 8.04. The van der Waals surface area contributed by atoms with Gasteiger partial charge in [-0.2, -0.15) is 0 Å². The molecule has 0 amide bonds. The van der Waals surface area contributed by atoms with Crippen LogP contribution in [0.25, 0.3) is 22.4 Å². The summed E-state index contributed by atoms with van der Waals surface area (Å²) in [5.74, 6) is -6.61. The van der Waals surface area contributed by atoms with Gasteiger partial charge in [0.05, 0.1) is 10.9 Å². The molecule has 0 aliphatic carbocycles. The predicted molar refractivity (Wildman–Crippen MR) is 123 cm³/mol. The minimum atomic E-state index is -1.65. The summed E-state index contributed by atoms with van der Waals surface area (Å²) in [6, 6.07) is 9.14. The molecule has 0 atom stereocenters. The molecule has 0 aromatic heterocycles. The first kappa shape index (κ1) is 24.2. The first-order valence-corrected chi connectivity index (χ1v) is 10.5. The number of aryl methyl sites for hydroxylation is 1. The molecule has 0 bridgehead atoms. The van der Waals surface area contributed by atoms with Gasteiger partial charge in [-0.15, -0.1) is 0 Å². The van der Waals surface area contributed by atoms with Crippen LogP contribution in [0, 0.1) is 17.5 Å². The van der Waals surface area contributed by atoms with E-state index in [1.807, 2.05) is 19.9 Å². The molecule has 3 aromatic rings. The lowest BCUT2D eigenvalue weighted by Crippen LogP contribution is -2.00. The summed E-state index contributed by atoms with van der Waals surface area (Å²) in [6.07, 6.45) is 8.04. The molecule has 172 valence electrons. The molecule has 0 aliphatic rings. The Balaban J connectivity index is 1.99. The molecule has 0 radical (unpaired) electrons. The third kappa shape index (κ3) is 5.33. The molecular formula is C27H23F5O. The molecular weight excluding hydrogens is 435 g/mol. The summed E-state index contributed by atoms with van der Waals surface area (Å²) in [4.78, 5) is 0. The van der Waals surface area contributed by atoms with E-state index in [1.54, 1.807) is 18.2 Å². The fourth-order valence-corrected chi connectivity index (χ4v) is 3.37. The zero-order valence-electron chi connectivity index (χ0n) is 18.3. The zero-order valence-corrected chi connectivity index (χ0v) is 18.3. The first-order chi connectivity index (χ1) is 15.9. The van der Waals surface area contributed by atoms with Crippen molar-refractivity contribution < 1.29 is 26.7 Å². The number of benzene rings is 3. The lowest BCUT2D eigenvalue weighted by molar-refractivity contribution is 0.362. The Bertz CT molecular complexity index is 1220. The van der Waals surface area contributed by atoms with Gasteiger partial charge in [0.2, 0.25) is 0 Å². The van der Waals surface area contributed by atoms with E-state index in [-0.39, 0.29) is 16.5 Å². The summed E-state index contributed by atoms with van der Waals surface area (Å²) in [5, 5.41) is -0.642. The van der Waals surface area contributed by atoms with Gasteiger partial charge in [-0.05, 0) is 68.0 Å². The summed E-state index contributed by atoms with van der Waals surface area (Å²) >= 11 is 0. The fraction of sp³-hybridized carbons (Fsp3) is 0.185. The Morgan fingerprint density at radius 2 is 1.52 bits per heavy atom. The Morgan fingerprint density at radius 1 is 0.818 bits per heavy atom. The quantitative estimate of drug-likeness (QED) is 0.187. The molecule has 0 heterocycles. The van der Waals surface area contributed by atoms with E-state index >= 15 is 0 Å². The molecule has 0 unspecified atom stereocenters. The van der Waals surface area contributed by atoms with Crippen molar-refractivity contribution in [2.75, 3.05) is 6.61 Å². The van der Waals surface area contributed by atoms with E-state index in [0.29, 0.717) is 25.2 Å². The van der Waals surface area contributed by atoms with E-state index in [0.717, 1.165) is 6.07 Å². The normalized spacial score (nSPS) is 12.7. The lowest BCUT2D eigenvalue weighted by Gasteiger charge is -2.11. The van der Waals surface area contributed by atoms with Crippen molar-refractivity contribution in [3.63, 3.8) is 0 Å². The largest absolute Gasteiger partial charge is 0.490 e. The highest BCUT2D eigenvalue weighted by Gasteiger charge is 2.23. The summed E-state index contributed by atoms with van der Waals surface area (Å²) in [6.45, 7) is 3.97. The average Bonchev–Trinajstić information content (AvgIpc) is 2.82. The van der Waals surface area contributed by atoms with Crippen molar-refractivity contribution in [1.29, 1.82) is 0 Å². The first-order valence-electron chi connectivity index (χ1n) is 10.5. The number of fused-ring (bicyclic) bond motifs is 1. The van der Waals surface area contributed by atoms with E-state index in [4.69, 9.17) is 4.74 Å². The smallest absolute Gasteiger partial charge is 0.170 e. The Morgan fingerprint density at radius 3 is 2.18 bits per heavy atom. The maximum absolute atomic E-state index is 14.9. The fourth-order valence-electron chi connectivity index (χ4n) is 3.37. The van der Waals surface area contributed by atoms with Gasteiger partial charge >= 0.3 is 0 Å². The van der Waals surface area contributed by atoms with Crippen LogP contribution < -0.4 is 4.74 Å². The zero-order chi connectivity index (χ0) is 24.0. The van der Waals surface area contributed by atoms with Crippen molar-refractivity contribution in [1.82, 2.24) is 0 Å². The van der Waals surface area contributed by atoms with Crippen LogP contribution in [0.15, 0.2) is 66.8 Å². The highest BCUT2D eigenvalue weighted by atomic mass is 19.2. The van der Waals surface area contributed by atoms with Gasteiger partial charge in [0.15, 0.2) is 23.3 Å². The second-order valence-corrected chi connectivity index (χ2v) is 7.33. The van der Waals surface area contributed by atoms with Gasteiger partial charge in [0.25, 0.3) is 0 Å². The number of allylic oxidation sites excluding steroid dienone is 3. The van der Waals surface area contributed by atoms with Crippen molar-refractivity contribution in [3.8, 4) is 5.75 Å². The van der Waals surface area contributed by atoms with Crippen LogP contribution in [-0.2, 0) is 6.42 Å². The molecule has 3 rings (SSSR count). The molecule has 33 heavy (non-hydrogen) atoms. The van der Waals surface area contributed by atoms with E-state index in [9.17, 15) is 22.0 Å². The molecule has 3 aromatic carbocycles. The van der Waals surface area contributed by atoms with Crippen molar-refractivity contribution >= 4 is 22.4 Å². The van der Waals surface area contributed by atoms with Gasteiger partial charge in [0, 0.05) is 5.56 Å². The van der Waals surface area contributed by atoms with Crippen LogP contribution in [-0.4, -0.2) is 6.61 Å². The summed E-state index contributed by atoms with van der Waals surface area (Å²) < 4.78 is 79.3. The number of hydrogen-bond donors (Lipinski definition) is 0. The average molecular weight is 458 g/mol. The van der Waals surface area contributed by atoms with Gasteiger partial charge < -0.3 is 4.74 Å².